The molecule has 1 aromatic heterocycles. The van der Waals surface area contributed by atoms with Crippen LogP contribution in [0.3, 0.4) is 0 Å². The number of aromatic nitrogens is 2. The average molecular weight is 413 g/mol. The summed E-state index contributed by atoms with van der Waals surface area (Å²) in [7, 11) is 0. The first kappa shape index (κ1) is 20.0. The lowest BCUT2D eigenvalue weighted by Gasteiger charge is -2.20. The number of hydrogen-bond donors (Lipinski definition) is 1. The standard InChI is InChI=1S/C22H28N4O2S/c1-15-7-10-18(11-8-15)26-14-17(13-20(26)28)21-24-25-22(29-21)23-19(27)12-9-16-5-3-2-4-6-16/h7-8,10-11,16-17H,2-6,9,12-14H2,1H3,(H,23,25,27). The van der Waals surface area contributed by atoms with Gasteiger partial charge in [-0.2, -0.15) is 0 Å². The summed E-state index contributed by atoms with van der Waals surface area (Å²) in [4.78, 5) is 26.6. The molecule has 6 nitrogen and oxygen atoms in total. The first-order valence-electron chi connectivity index (χ1n) is 10.6. The third-order valence-electron chi connectivity index (χ3n) is 6.01. The maximum atomic E-state index is 12.5. The van der Waals surface area contributed by atoms with E-state index in [1.165, 1.54) is 49.0 Å². The average Bonchev–Trinajstić information content (AvgIpc) is 3.34. The van der Waals surface area contributed by atoms with Crippen molar-refractivity contribution < 1.29 is 9.59 Å². The second-order valence-electron chi connectivity index (χ2n) is 8.28. The van der Waals surface area contributed by atoms with Crippen molar-refractivity contribution in [3.63, 3.8) is 0 Å². The van der Waals surface area contributed by atoms with Crippen LogP contribution in [0, 0.1) is 12.8 Å². The normalized spacial score (nSPS) is 20.2. The van der Waals surface area contributed by atoms with Crippen molar-refractivity contribution in [3.8, 4) is 0 Å². The van der Waals surface area contributed by atoms with Gasteiger partial charge in [-0.3, -0.25) is 9.59 Å². The molecule has 1 aliphatic carbocycles. The summed E-state index contributed by atoms with van der Waals surface area (Å²) in [6.45, 7) is 2.64. The van der Waals surface area contributed by atoms with Crippen molar-refractivity contribution in [2.75, 3.05) is 16.8 Å². The van der Waals surface area contributed by atoms with Crippen LogP contribution in [-0.2, 0) is 9.59 Å². The van der Waals surface area contributed by atoms with Crippen molar-refractivity contribution in [3.05, 3.63) is 34.8 Å². The van der Waals surface area contributed by atoms with Crippen molar-refractivity contribution in [2.45, 2.75) is 64.2 Å². The van der Waals surface area contributed by atoms with Gasteiger partial charge in [0.25, 0.3) is 0 Å². The summed E-state index contributed by atoms with van der Waals surface area (Å²) in [6, 6.07) is 7.99. The van der Waals surface area contributed by atoms with Gasteiger partial charge in [-0.25, -0.2) is 0 Å². The van der Waals surface area contributed by atoms with E-state index in [9.17, 15) is 9.59 Å². The van der Waals surface area contributed by atoms with Gasteiger partial charge in [-0.05, 0) is 31.4 Å². The van der Waals surface area contributed by atoms with Crippen molar-refractivity contribution in [1.82, 2.24) is 10.2 Å². The summed E-state index contributed by atoms with van der Waals surface area (Å²) in [6.07, 6.45) is 8.37. The zero-order chi connectivity index (χ0) is 20.2. The lowest BCUT2D eigenvalue weighted by Crippen LogP contribution is -2.24. The fourth-order valence-corrected chi connectivity index (χ4v) is 5.14. The van der Waals surface area contributed by atoms with Crippen LogP contribution < -0.4 is 10.2 Å². The van der Waals surface area contributed by atoms with Gasteiger partial charge >= 0.3 is 0 Å². The molecule has 1 unspecified atom stereocenters. The highest BCUT2D eigenvalue weighted by Gasteiger charge is 2.34. The van der Waals surface area contributed by atoms with E-state index in [0.29, 0.717) is 30.4 Å². The van der Waals surface area contributed by atoms with E-state index in [2.05, 4.69) is 15.5 Å². The number of amides is 2. The molecule has 4 rings (SSSR count). The molecule has 0 spiro atoms. The predicted octanol–water partition coefficient (Wildman–Crippen LogP) is 4.67. The summed E-state index contributed by atoms with van der Waals surface area (Å²) in [5.41, 5.74) is 2.09. The second-order valence-corrected chi connectivity index (χ2v) is 9.29. The van der Waals surface area contributed by atoms with E-state index in [1.807, 2.05) is 36.1 Å². The summed E-state index contributed by atoms with van der Waals surface area (Å²) in [5, 5.41) is 12.6. The molecule has 1 N–H and O–H groups in total. The smallest absolute Gasteiger partial charge is 0.227 e. The maximum absolute atomic E-state index is 12.5. The van der Waals surface area contributed by atoms with Crippen LogP contribution in [0.15, 0.2) is 24.3 Å². The van der Waals surface area contributed by atoms with Gasteiger partial charge in [-0.15, -0.1) is 10.2 Å². The Morgan fingerprint density at radius 1 is 1.17 bits per heavy atom. The van der Waals surface area contributed by atoms with Crippen LogP contribution in [0.5, 0.6) is 0 Å². The number of hydrogen-bond acceptors (Lipinski definition) is 5. The molecule has 7 heteroatoms. The van der Waals surface area contributed by atoms with Crippen molar-refractivity contribution in [2.24, 2.45) is 5.92 Å². The Labute approximate surface area is 175 Å². The number of benzene rings is 1. The zero-order valence-corrected chi connectivity index (χ0v) is 17.7. The van der Waals surface area contributed by atoms with Gasteiger partial charge in [0.15, 0.2) is 0 Å². The Hall–Kier alpha value is -2.28. The summed E-state index contributed by atoms with van der Waals surface area (Å²) < 4.78 is 0. The molecule has 2 heterocycles. The molecule has 1 aromatic carbocycles. The van der Waals surface area contributed by atoms with E-state index in [-0.39, 0.29) is 17.7 Å². The van der Waals surface area contributed by atoms with E-state index in [0.717, 1.165) is 17.1 Å². The number of carbonyl (C=O) groups is 2. The van der Waals surface area contributed by atoms with E-state index in [4.69, 9.17) is 0 Å². The molecular formula is C22H28N4O2S. The van der Waals surface area contributed by atoms with Crippen LogP contribution in [0.25, 0.3) is 0 Å². The van der Waals surface area contributed by atoms with Gasteiger partial charge < -0.3 is 10.2 Å². The highest BCUT2D eigenvalue weighted by molar-refractivity contribution is 7.15. The Kier molecular flexibility index (Phi) is 6.23. The third kappa shape index (κ3) is 5.01. The Bertz CT molecular complexity index is 858. The van der Waals surface area contributed by atoms with Gasteiger partial charge in [0.05, 0.1) is 0 Å². The molecule has 1 saturated carbocycles. The minimum absolute atomic E-state index is 0.0158. The highest BCUT2D eigenvalue weighted by Crippen LogP contribution is 2.34. The fourth-order valence-electron chi connectivity index (χ4n) is 4.29. The molecule has 2 aromatic rings. The molecule has 0 radical (unpaired) electrons. The molecule has 1 saturated heterocycles. The van der Waals surface area contributed by atoms with Gasteiger partial charge in [0, 0.05) is 31.0 Å². The summed E-state index contributed by atoms with van der Waals surface area (Å²) >= 11 is 1.39. The van der Waals surface area contributed by atoms with Gasteiger partial charge in [-0.1, -0.05) is 61.1 Å². The Morgan fingerprint density at radius 2 is 1.93 bits per heavy atom. The number of aryl methyl sites for hydroxylation is 1. The molecule has 1 aliphatic heterocycles. The monoisotopic (exact) mass is 412 g/mol. The SMILES string of the molecule is Cc1ccc(N2CC(c3nnc(NC(=O)CCC4CCCCC4)s3)CC2=O)cc1. The molecule has 2 amide bonds. The van der Waals surface area contributed by atoms with Gasteiger partial charge in [0.1, 0.15) is 5.01 Å². The van der Waals surface area contributed by atoms with Crippen LogP contribution in [0.4, 0.5) is 10.8 Å². The number of nitrogens with one attached hydrogen (secondary N) is 1. The second kappa shape index (κ2) is 9.03. The number of nitrogens with zero attached hydrogens (tertiary/aromatic N) is 3. The van der Waals surface area contributed by atoms with Crippen LogP contribution >= 0.6 is 11.3 Å². The Balaban J connectivity index is 1.31. The lowest BCUT2D eigenvalue weighted by atomic mass is 9.86. The molecule has 29 heavy (non-hydrogen) atoms. The summed E-state index contributed by atoms with van der Waals surface area (Å²) in [5.74, 6) is 0.833. The first-order chi connectivity index (χ1) is 14.1. The van der Waals surface area contributed by atoms with Crippen molar-refractivity contribution in [1.29, 1.82) is 0 Å². The third-order valence-corrected chi connectivity index (χ3v) is 7.01. The molecular weight excluding hydrogens is 384 g/mol. The predicted molar refractivity (Wildman–Crippen MR) is 115 cm³/mol. The lowest BCUT2D eigenvalue weighted by molar-refractivity contribution is -0.117. The van der Waals surface area contributed by atoms with Crippen molar-refractivity contribution >= 4 is 34.0 Å². The number of anilines is 2. The first-order valence-corrected chi connectivity index (χ1v) is 11.4. The van der Waals surface area contributed by atoms with E-state index >= 15 is 0 Å². The fraction of sp³-hybridized carbons (Fsp3) is 0.545. The minimum atomic E-state index is 0.0158. The van der Waals surface area contributed by atoms with E-state index < -0.39 is 0 Å². The Morgan fingerprint density at radius 3 is 2.69 bits per heavy atom. The van der Waals surface area contributed by atoms with Crippen LogP contribution in [0.2, 0.25) is 0 Å². The quantitative estimate of drug-likeness (QED) is 0.748. The van der Waals surface area contributed by atoms with E-state index in [1.54, 1.807) is 0 Å². The van der Waals surface area contributed by atoms with Gasteiger partial charge in [0.2, 0.25) is 16.9 Å². The number of rotatable bonds is 6. The van der Waals surface area contributed by atoms with Crippen LogP contribution in [-0.4, -0.2) is 28.6 Å². The molecule has 154 valence electrons. The zero-order valence-electron chi connectivity index (χ0n) is 16.9. The largest absolute Gasteiger partial charge is 0.312 e. The molecule has 1 atom stereocenters. The maximum Gasteiger partial charge on any atom is 0.227 e. The number of carbonyl (C=O) groups excluding carboxylic acids is 2. The molecule has 2 aliphatic rings. The molecule has 2 fully saturated rings. The highest BCUT2D eigenvalue weighted by atomic mass is 32.1. The minimum Gasteiger partial charge on any atom is -0.312 e. The van der Waals surface area contributed by atoms with Crippen LogP contribution in [0.1, 0.15) is 67.9 Å². The topological polar surface area (TPSA) is 75.2 Å². The molecule has 0 bridgehead atoms.